The van der Waals surface area contributed by atoms with Gasteiger partial charge in [0.25, 0.3) is 0 Å². The Balaban J connectivity index is 0. The largest absolute Gasteiger partial charge is 1.00 e. The quantitative estimate of drug-likeness (QED) is 0.236. The molecule has 0 aromatic rings. The van der Waals surface area contributed by atoms with Crippen molar-refractivity contribution in [2.75, 3.05) is 27.7 Å². The average Bonchev–Trinajstić information content (AvgIpc) is 2.58. The van der Waals surface area contributed by atoms with E-state index in [1.807, 2.05) is 0 Å². The third kappa shape index (κ3) is 13.8. The van der Waals surface area contributed by atoms with Crippen LogP contribution in [0, 0.1) is 0 Å². The van der Waals surface area contributed by atoms with Crippen LogP contribution in [0.4, 0.5) is 0 Å². The fourth-order valence-electron chi connectivity index (χ4n) is 2.77. The van der Waals surface area contributed by atoms with Crippen LogP contribution in [0.1, 0.15) is 58.3 Å². The normalized spacial score (nSPS) is 30.9. The van der Waals surface area contributed by atoms with Crippen molar-refractivity contribution in [2.24, 2.45) is 0 Å². The lowest BCUT2D eigenvalue weighted by molar-refractivity contribution is -0.870. The second kappa shape index (κ2) is 16.7. The summed E-state index contributed by atoms with van der Waals surface area (Å²) in [7, 11) is 6.84. The van der Waals surface area contributed by atoms with E-state index in [9.17, 15) is 0 Å². The molecule has 1 aliphatic rings. The highest BCUT2D eigenvalue weighted by molar-refractivity contribution is 6.45. The topological polar surface area (TPSA) is 0 Å². The predicted molar refractivity (Wildman–Crippen MR) is 123 cm³/mol. The summed E-state index contributed by atoms with van der Waals surface area (Å²) in [6, 6.07) is 0. The summed E-state index contributed by atoms with van der Waals surface area (Å²) in [5.41, 5.74) is 0. The SMILES string of the molecule is CCCCCCCCCC[N+](C)(C)C.Cl[C@H]1[C@H](Cl)[C@@H](Cl)[C@@H](Cl)[C@H](Cl)[C@H]1Cl.[Cl-]. The molecule has 1 nitrogen and oxygen atoms in total. The van der Waals surface area contributed by atoms with Crippen molar-refractivity contribution in [1.29, 1.82) is 0 Å². The minimum Gasteiger partial charge on any atom is -1.00 e. The monoisotopic (exact) mass is 523 g/mol. The molecule has 0 saturated heterocycles. The Morgan fingerprint density at radius 3 is 1.04 bits per heavy atom. The molecule has 0 aromatic heterocycles. The van der Waals surface area contributed by atoms with Crippen molar-refractivity contribution in [1.82, 2.24) is 0 Å². The first-order valence-corrected chi connectivity index (χ1v) is 12.3. The summed E-state index contributed by atoms with van der Waals surface area (Å²) in [4.78, 5) is 0. The lowest BCUT2D eigenvalue weighted by atomic mass is 9.97. The van der Waals surface area contributed by atoms with Crippen LogP contribution in [0.2, 0.25) is 0 Å². The van der Waals surface area contributed by atoms with Gasteiger partial charge in [-0.2, -0.15) is 0 Å². The maximum Gasteiger partial charge on any atom is 0.0780 e. The first kappa shape index (κ1) is 31.2. The summed E-state index contributed by atoms with van der Waals surface area (Å²) >= 11 is 35.3. The van der Waals surface area contributed by atoms with Gasteiger partial charge in [0, 0.05) is 0 Å². The molecule has 0 N–H and O–H groups in total. The number of rotatable bonds is 9. The Labute approximate surface area is 203 Å². The van der Waals surface area contributed by atoms with Gasteiger partial charge in [-0.1, -0.05) is 45.4 Å². The van der Waals surface area contributed by atoms with E-state index < -0.39 is 32.3 Å². The molecule has 0 heterocycles. The molecule has 0 bridgehead atoms. The zero-order valence-electron chi connectivity index (χ0n) is 16.9. The molecule has 0 amide bonds. The van der Waals surface area contributed by atoms with Gasteiger partial charge in [-0.25, -0.2) is 0 Å². The van der Waals surface area contributed by atoms with Crippen LogP contribution in [0.5, 0.6) is 0 Å². The molecular formula is C19H36Cl7N. The van der Waals surface area contributed by atoms with Gasteiger partial charge in [0.15, 0.2) is 0 Å². The van der Waals surface area contributed by atoms with Crippen molar-refractivity contribution in [3.63, 3.8) is 0 Å². The van der Waals surface area contributed by atoms with Crippen LogP contribution in [0.3, 0.4) is 0 Å². The molecule has 27 heavy (non-hydrogen) atoms. The lowest BCUT2D eigenvalue weighted by Crippen LogP contribution is -3.00. The number of quaternary nitrogens is 1. The second-order valence-electron chi connectivity index (χ2n) is 8.16. The third-order valence-electron chi connectivity index (χ3n) is 4.51. The number of nitrogens with zero attached hydrogens (tertiary/aromatic N) is 1. The number of hydrogen-bond donors (Lipinski definition) is 0. The lowest BCUT2D eigenvalue weighted by Gasteiger charge is -2.37. The highest BCUT2D eigenvalue weighted by atomic mass is 35.5. The Morgan fingerprint density at radius 1 is 0.519 bits per heavy atom. The molecule has 8 heteroatoms. The summed E-state index contributed by atoms with van der Waals surface area (Å²) < 4.78 is 1.12. The molecule has 166 valence electrons. The van der Waals surface area contributed by atoms with E-state index in [4.69, 9.17) is 69.6 Å². The molecule has 1 fully saturated rings. The molecule has 1 aliphatic carbocycles. The predicted octanol–water partition coefficient (Wildman–Crippen LogP) is 4.48. The van der Waals surface area contributed by atoms with Crippen molar-refractivity contribution >= 4 is 69.6 Å². The minimum absolute atomic E-state index is 0. The van der Waals surface area contributed by atoms with Gasteiger partial charge in [0.2, 0.25) is 0 Å². The first-order chi connectivity index (χ1) is 12.0. The fourth-order valence-corrected chi connectivity index (χ4v) is 5.10. The summed E-state index contributed by atoms with van der Waals surface area (Å²) in [6.45, 7) is 3.61. The standard InChI is InChI=1S/C13H30N.C6H6Cl6.ClH/c1-5-6-7-8-9-10-11-12-13-14(2,3)4;7-1-2(8)4(10)6(12)5(11)3(1)9;/h5-13H2,1-4H3;1-6H;1H/q+1;;/p-1/t;1-,2-,3-,4+,5+,6+;. The molecule has 0 radical (unpaired) electrons. The van der Waals surface area contributed by atoms with E-state index in [-0.39, 0.29) is 12.4 Å². The molecule has 1 rings (SSSR count). The smallest absolute Gasteiger partial charge is 0.0780 e. The van der Waals surface area contributed by atoms with Crippen molar-refractivity contribution in [2.45, 2.75) is 90.6 Å². The van der Waals surface area contributed by atoms with E-state index in [0.29, 0.717) is 0 Å². The van der Waals surface area contributed by atoms with E-state index in [0.717, 1.165) is 4.48 Å². The van der Waals surface area contributed by atoms with Gasteiger partial charge in [0.1, 0.15) is 0 Å². The summed E-state index contributed by atoms with van der Waals surface area (Å²) in [6.07, 6.45) is 11.4. The Hall–Kier alpha value is 1.99. The number of halogens is 7. The minimum atomic E-state index is -0.437. The van der Waals surface area contributed by atoms with E-state index >= 15 is 0 Å². The molecule has 0 unspecified atom stereocenters. The fraction of sp³-hybridized carbons (Fsp3) is 1.00. The molecule has 1 saturated carbocycles. The Morgan fingerprint density at radius 2 is 0.778 bits per heavy atom. The molecule has 0 atom stereocenters. The van der Waals surface area contributed by atoms with Gasteiger partial charge in [-0.05, 0) is 12.8 Å². The highest BCUT2D eigenvalue weighted by Crippen LogP contribution is 2.39. The van der Waals surface area contributed by atoms with E-state index in [1.54, 1.807) is 0 Å². The maximum atomic E-state index is 5.88. The molecule has 0 aliphatic heterocycles. The zero-order valence-corrected chi connectivity index (χ0v) is 22.2. The van der Waals surface area contributed by atoms with Gasteiger partial charge < -0.3 is 16.9 Å². The van der Waals surface area contributed by atoms with Gasteiger partial charge >= 0.3 is 0 Å². The van der Waals surface area contributed by atoms with Crippen LogP contribution in [0.25, 0.3) is 0 Å². The van der Waals surface area contributed by atoms with Crippen molar-refractivity contribution < 1.29 is 16.9 Å². The number of alkyl halides is 6. The molecular weight excluding hydrogens is 490 g/mol. The van der Waals surface area contributed by atoms with Crippen LogP contribution in [-0.2, 0) is 0 Å². The van der Waals surface area contributed by atoms with Gasteiger partial charge in [0.05, 0.1) is 60.0 Å². The van der Waals surface area contributed by atoms with Gasteiger partial charge in [-0.3, -0.25) is 0 Å². The molecule has 0 aromatic carbocycles. The maximum absolute atomic E-state index is 5.88. The van der Waals surface area contributed by atoms with Crippen LogP contribution >= 0.6 is 69.6 Å². The number of hydrogen-bond acceptors (Lipinski definition) is 0. The Kier molecular flexibility index (Phi) is 19.2. The van der Waals surface area contributed by atoms with Gasteiger partial charge in [-0.15, -0.1) is 69.6 Å². The highest BCUT2D eigenvalue weighted by Gasteiger charge is 2.46. The van der Waals surface area contributed by atoms with Crippen molar-refractivity contribution in [3.8, 4) is 0 Å². The number of unbranched alkanes of at least 4 members (excludes halogenated alkanes) is 7. The first-order valence-electron chi connectivity index (χ1n) is 9.67. The van der Waals surface area contributed by atoms with Crippen molar-refractivity contribution in [3.05, 3.63) is 0 Å². The van der Waals surface area contributed by atoms with Crippen LogP contribution in [-0.4, -0.2) is 64.4 Å². The second-order valence-corrected chi connectivity index (χ2v) is 11.2. The molecule has 0 spiro atoms. The summed E-state index contributed by atoms with van der Waals surface area (Å²) in [5.74, 6) is 0. The van der Waals surface area contributed by atoms with Crippen LogP contribution < -0.4 is 12.4 Å². The van der Waals surface area contributed by atoms with Crippen LogP contribution in [0.15, 0.2) is 0 Å². The summed E-state index contributed by atoms with van der Waals surface area (Å²) in [5, 5.41) is -2.62. The third-order valence-corrected chi connectivity index (χ3v) is 8.54. The Bertz CT molecular complexity index is 293. The van der Waals surface area contributed by atoms with E-state index in [2.05, 4.69) is 28.1 Å². The average molecular weight is 527 g/mol. The zero-order chi connectivity index (χ0) is 20.3. The van der Waals surface area contributed by atoms with E-state index in [1.165, 1.54) is 57.9 Å².